The molecule has 0 saturated carbocycles. The van der Waals surface area contributed by atoms with Crippen LogP contribution in [0.2, 0.25) is 0 Å². The number of nitrogens with one attached hydrogen (secondary N) is 1. The van der Waals surface area contributed by atoms with Gasteiger partial charge in [0.05, 0.1) is 45.6 Å². The minimum absolute atomic E-state index is 0.0213. The number of likely N-dealkylation sites (N-methyl/N-ethyl adjacent to an activating group) is 1. The molecule has 12 heteroatoms. The fourth-order valence-corrected chi connectivity index (χ4v) is 6.99. The molecular formula is C31H34N4O6S2. The molecule has 2 N–H and O–H groups in total. The van der Waals surface area contributed by atoms with Crippen LogP contribution in [0.1, 0.15) is 39.6 Å². The zero-order chi connectivity index (χ0) is 30.9. The normalized spacial score (nSPS) is 18.1. The number of amides is 2. The number of nitrogens with zero attached hydrogens (tertiary/aromatic N) is 3. The van der Waals surface area contributed by atoms with Crippen LogP contribution in [0, 0.1) is 12.8 Å². The first-order valence-corrected chi connectivity index (χ1v) is 16.2. The number of anilines is 1. The summed E-state index contributed by atoms with van der Waals surface area (Å²) in [6.07, 6.45) is -0.703. The minimum atomic E-state index is -3.84. The molecule has 5 rings (SSSR count). The number of aryl methyl sites for hydroxylation is 1. The number of aliphatic hydroxyl groups is 1. The molecule has 226 valence electrons. The summed E-state index contributed by atoms with van der Waals surface area (Å²) in [6.45, 7) is 5.45. The average molecular weight is 623 g/mol. The number of carbonyl (C=O) groups excluding carboxylic acids is 2. The van der Waals surface area contributed by atoms with Crippen LogP contribution < -0.4 is 10.1 Å². The molecule has 0 spiro atoms. The molecule has 43 heavy (non-hydrogen) atoms. The summed E-state index contributed by atoms with van der Waals surface area (Å²) in [4.78, 5) is 33.2. The minimum Gasteiger partial charge on any atom is -0.486 e. The number of rotatable bonds is 8. The summed E-state index contributed by atoms with van der Waals surface area (Å²) in [5.74, 6) is -1.03. The Kier molecular flexibility index (Phi) is 8.84. The lowest BCUT2D eigenvalue weighted by Gasteiger charge is -2.38. The highest BCUT2D eigenvalue weighted by atomic mass is 32.2. The maximum absolute atomic E-state index is 13.8. The van der Waals surface area contributed by atoms with Crippen molar-refractivity contribution in [3.63, 3.8) is 0 Å². The smallest absolute Gasteiger partial charge is 0.284 e. The second-order valence-corrected chi connectivity index (χ2v) is 13.9. The monoisotopic (exact) mass is 622 g/mol. The van der Waals surface area contributed by atoms with Gasteiger partial charge in [-0.3, -0.25) is 9.59 Å². The van der Waals surface area contributed by atoms with Crippen molar-refractivity contribution in [2.24, 2.45) is 5.92 Å². The molecule has 1 aliphatic rings. The Hall–Kier alpha value is -3.84. The molecule has 0 aliphatic carbocycles. The molecule has 0 unspecified atom stereocenters. The molecule has 3 aromatic carbocycles. The van der Waals surface area contributed by atoms with E-state index in [4.69, 9.17) is 4.74 Å². The summed E-state index contributed by atoms with van der Waals surface area (Å²) in [6, 6.07) is 18.4. The van der Waals surface area contributed by atoms with Gasteiger partial charge in [-0.05, 0) is 50.2 Å². The number of carbonyl (C=O) groups is 2. The summed E-state index contributed by atoms with van der Waals surface area (Å²) in [7, 11) is -2.35. The van der Waals surface area contributed by atoms with Crippen LogP contribution in [-0.4, -0.2) is 78.4 Å². The van der Waals surface area contributed by atoms with Gasteiger partial charge in [0.25, 0.3) is 11.8 Å². The van der Waals surface area contributed by atoms with Crippen LogP contribution in [-0.2, 0) is 10.0 Å². The van der Waals surface area contributed by atoms with E-state index in [1.807, 2.05) is 38.1 Å². The van der Waals surface area contributed by atoms with E-state index in [1.54, 1.807) is 54.3 Å². The van der Waals surface area contributed by atoms with Crippen molar-refractivity contribution >= 4 is 49.1 Å². The SMILES string of the molecule is Cc1ccc(S(=O)(=O)N(C)C[C@@H]2Oc3c(NC(=O)c4nc5ccccc5s4)cccc3C(=O)N([C@@H](C)CO)C[C@@H]2C)cc1. The summed E-state index contributed by atoms with van der Waals surface area (Å²) >= 11 is 1.25. The first-order chi connectivity index (χ1) is 20.5. The van der Waals surface area contributed by atoms with Gasteiger partial charge in [-0.25, -0.2) is 13.4 Å². The third-order valence-electron chi connectivity index (χ3n) is 7.59. The number of hydrogen-bond donors (Lipinski definition) is 2. The number of aliphatic hydroxyl groups excluding tert-OH is 1. The molecule has 1 aromatic heterocycles. The molecule has 0 radical (unpaired) electrons. The number of fused-ring (bicyclic) bond motifs is 2. The molecular weight excluding hydrogens is 588 g/mol. The Bertz CT molecular complexity index is 1720. The van der Waals surface area contributed by atoms with Crippen molar-refractivity contribution in [2.75, 3.05) is 32.1 Å². The largest absolute Gasteiger partial charge is 0.486 e. The van der Waals surface area contributed by atoms with Gasteiger partial charge in [0, 0.05) is 19.5 Å². The van der Waals surface area contributed by atoms with Gasteiger partial charge in [0.2, 0.25) is 10.0 Å². The highest BCUT2D eigenvalue weighted by Crippen LogP contribution is 2.36. The molecule has 1 aliphatic heterocycles. The Morgan fingerprint density at radius 1 is 1.16 bits per heavy atom. The van der Waals surface area contributed by atoms with E-state index in [9.17, 15) is 23.1 Å². The van der Waals surface area contributed by atoms with Crippen molar-refractivity contribution in [2.45, 2.75) is 37.8 Å². The van der Waals surface area contributed by atoms with Crippen molar-refractivity contribution in [3.8, 4) is 5.75 Å². The highest BCUT2D eigenvalue weighted by Gasteiger charge is 2.36. The Morgan fingerprint density at radius 3 is 2.58 bits per heavy atom. The lowest BCUT2D eigenvalue weighted by atomic mass is 9.99. The lowest BCUT2D eigenvalue weighted by molar-refractivity contribution is 0.0388. The molecule has 3 atom stereocenters. The van der Waals surface area contributed by atoms with Crippen molar-refractivity contribution in [1.29, 1.82) is 0 Å². The van der Waals surface area contributed by atoms with Crippen molar-refractivity contribution in [1.82, 2.24) is 14.2 Å². The number of thiazole rings is 1. The standard InChI is InChI=1S/C31H34N4O6S2/c1-19-12-14-22(15-13-19)43(39,40)34(4)17-26-20(2)16-35(21(3)18-36)31(38)23-8-7-10-25(28(23)41-26)32-29(37)30-33-24-9-5-6-11-27(24)42-30/h5-15,20-21,26,36H,16-18H2,1-4H3,(H,32,37)/t20-,21-,26-/m0/s1. The molecule has 2 heterocycles. The van der Waals surface area contributed by atoms with E-state index in [0.717, 1.165) is 10.3 Å². The quantitative estimate of drug-likeness (QED) is 0.298. The highest BCUT2D eigenvalue weighted by molar-refractivity contribution is 7.89. The van der Waals surface area contributed by atoms with Gasteiger partial charge in [-0.2, -0.15) is 4.31 Å². The summed E-state index contributed by atoms with van der Waals surface area (Å²) < 4.78 is 35.5. The Morgan fingerprint density at radius 2 is 1.88 bits per heavy atom. The van der Waals surface area contributed by atoms with Crippen LogP contribution in [0.3, 0.4) is 0 Å². The summed E-state index contributed by atoms with van der Waals surface area (Å²) in [5, 5.41) is 13.1. The van der Waals surface area contributed by atoms with Gasteiger partial charge in [0.1, 0.15) is 6.10 Å². The predicted molar refractivity (Wildman–Crippen MR) is 166 cm³/mol. The van der Waals surface area contributed by atoms with E-state index >= 15 is 0 Å². The van der Waals surface area contributed by atoms with Crippen LogP contribution in [0.25, 0.3) is 10.2 Å². The molecule has 0 fully saturated rings. The molecule has 0 saturated heterocycles. The summed E-state index contributed by atoms with van der Waals surface area (Å²) in [5.41, 5.74) is 2.10. The third kappa shape index (κ3) is 6.28. The number of hydrogen-bond acceptors (Lipinski definition) is 8. The fraction of sp³-hybridized carbons (Fsp3) is 0.323. The topological polar surface area (TPSA) is 129 Å². The van der Waals surface area contributed by atoms with Crippen molar-refractivity contribution < 1.29 is 27.9 Å². The fourth-order valence-electron chi connectivity index (χ4n) is 4.95. The van der Waals surface area contributed by atoms with Gasteiger partial charge in [-0.1, -0.05) is 42.8 Å². The Balaban J connectivity index is 1.51. The van der Waals surface area contributed by atoms with Gasteiger partial charge in [-0.15, -0.1) is 11.3 Å². The first-order valence-electron chi connectivity index (χ1n) is 13.9. The van der Waals surface area contributed by atoms with Crippen LogP contribution in [0.4, 0.5) is 5.69 Å². The van der Waals surface area contributed by atoms with E-state index in [1.165, 1.54) is 22.7 Å². The number of ether oxygens (including phenoxy) is 1. The molecule has 10 nitrogen and oxygen atoms in total. The van der Waals surface area contributed by atoms with Gasteiger partial charge >= 0.3 is 0 Å². The molecule has 0 bridgehead atoms. The second kappa shape index (κ2) is 12.4. The predicted octanol–water partition coefficient (Wildman–Crippen LogP) is 4.40. The number of sulfonamides is 1. The Labute approximate surface area is 255 Å². The maximum Gasteiger partial charge on any atom is 0.284 e. The average Bonchev–Trinajstić information content (AvgIpc) is 3.44. The van der Waals surface area contributed by atoms with Gasteiger partial charge < -0.3 is 20.1 Å². The zero-order valence-electron chi connectivity index (χ0n) is 24.4. The molecule has 4 aromatic rings. The lowest BCUT2D eigenvalue weighted by Crippen LogP contribution is -2.50. The van der Waals surface area contributed by atoms with E-state index in [2.05, 4.69) is 10.3 Å². The van der Waals surface area contributed by atoms with E-state index in [-0.39, 0.29) is 58.4 Å². The maximum atomic E-state index is 13.8. The zero-order valence-corrected chi connectivity index (χ0v) is 26.0. The third-order valence-corrected chi connectivity index (χ3v) is 10.5. The van der Waals surface area contributed by atoms with E-state index in [0.29, 0.717) is 5.52 Å². The molecule has 2 amide bonds. The van der Waals surface area contributed by atoms with E-state index < -0.39 is 28.1 Å². The van der Waals surface area contributed by atoms with Crippen LogP contribution in [0.15, 0.2) is 71.6 Å². The number of benzene rings is 3. The number of para-hydroxylation sites is 2. The van der Waals surface area contributed by atoms with Crippen LogP contribution >= 0.6 is 11.3 Å². The van der Waals surface area contributed by atoms with Gasteiger partial charge in [0.15, 0.2) is 10.8 Å². The second-order valence-electron chi connectivity index (χ2n) is 10.8. The number of aromatic nitrogens is 1. The first kappa shape index (κ1) is 30.6. The van der Waals surface area contributed by atoms with Crippen molar-refractivity contribution in [3.05, 3.63) is 82.9 Å². The van der Waals surface area contributed by atoms with Crippen LogP contribution in [0.5, 0.6) is 5.75 Å².